The van der Waals surface area contributed by atoms with Crippen LogP contribution in [-0.4, -0.2) is 22.5 Å². The molecule has 86 valence electrons. The summed E-state index contributed by atoms with van der Waals surface area (Å²) in [6.45, 7) is 16.4. The average molecular weight is 236 g/mol. The molecule has 0 atom stereocenters. The molecular weight excluding hydrogens is 212 g/mol. The van der Waals surface area contributed by atoms with Gasteiger partial charge in [0.15, 0.2) is 8.32 Å². The van der Waals surface area contributed by atoms with Gasteiger partial charge in [-0.15, -0.1) is 0 Å². The van der Waals surface area contributed by atoms with Gasteiger partial charge in [-0.1, -0.05) is 0 Å². The third-order valence-corrected chi connectivity index (χ3v) is 5.94. The van der Waals surface area contributed by atoms with Crippen LogP contribution in [0.15, 0.2) is 0 Å². The van der Waals surface area contributed by atoms with Crippen LogP contribution >= 0.6 is 0 Å². The first-order valence-corrected chi connectivity index (χ1v) is 11.2. The first kappa shape index (κ1) is 14.3. The van der Waals surface area contributed by atoms with Crippen molar-refractivity contribution in [3.05, 3.63) is 0 Å². The van der Waals surface area contributed by atoms with Crippen molar-refractivity contribution in [3.63, 3.8) is 0 Å². The largest absolute Gasteiger partial charge is 0.435 e. The third-order valence-electron chi connectivity index (χ3n) is 1.04. The second-order valence-electron chi connectivity index (χ2n) is 5.89. The van der Waals surface area contributed by atoms with Crippen LogP contribution in [0.1, 0.15) is 20.8 Å². The van der Waals surface area contributed by atoms with E-state index >= 15 is 0 Å². The molecule has 0 N–H and O–H groups in total. The molecule has 0 saturated heterocycles. The molecule has 0 aliphatic heterocycles. The van der Waals surface area contributed by atoms with Crippen molar-refractivity contribution in [2.45, 2.75) is 59.1 Å². The molecule has 0 aliphatic rings. The summed E-state index contributed by atoms with van der Waals surface area (Å²) in [6.07, 6.45) is 0. The molecule has 3 nitrogen and oxygen atoms in total. The van der Waals surface area contributed by atoms with E-state index in [1.807, 2.05) is 33.9 Å². The second kappa shape index (κ2) is 4.44. The third kappa shape index (κ3) is 8.89. The van der Waals surface area contributed by atoms with Crippen LogP contribution in [0.2, 0.25) is 32.7 Å². The summed E-state index contributed by atoms with van der Waals surface area (Å²) in [5.74, 6) is 0. The zero-order valence-electron chi connectivity index (χ0n) is 10.7. The Kier molecular flexibility index (Phi) is 4.54. The van der Waals surface area contributed by atoms with Crippen molar-refractivity contribution in [2.75, 3.05) is 0 Å². The van der Waals surface area contributed by atoms with E-state index in [0.29, 0.717) is 0 Å². The van der Waals surface area contributed by atoms with Gasteiger partial charge in [-0.05, 0) is 53.5 Å². The first-order valence-electron chi connectivity index (χ1n) is 4.98. The lowest BCUT2D eigenvalue weighted by Gasteiger charge is -2.32. The van der Waals surface area contributed by atoms with Crippen molar-refractivity contribution in [1.82, 2.24) is 0 Å². The fourth-order valence-electron chi connectivity index (χ4n) is 0.980. The number of rotatable bonds is 4. The van der Waals surface area contributed by atoms with E-state index in [0.717, 1.165) is 0 Å². The van der Waals surface area contributed by atoms with E-state index in [9.17, 15) is 0 Å². The zero-order valence-corrected chi connectivity index (χ0v) is 12.7. The van der Waals surface area contributed by atoms with E-state index in [2.05, 4.69) is 19.6 Å². The molecule has 0 aliphatic carbocycles. The Morgan fingerprint density at radius 1 is 0.857 bits per heavy atom. The van der Waals surface area contributed by atoms with Crippen molar-refractivity contribution >= 4 is 16.9 Å². The Hall–Kier alpha value is 0.314. The minimum atomic E-state index is -2.11. The van der Waals surface area contributed by atoms with Crippen LogP contribution in [-0.2, 0) is 13.6 Å². The molecule has 0 bridgehead atoms. The van der Waals surface area contributed by atoms with E-state index in [1.54, 1.807) is 0 Å². The van der Waals surface area contributed by atoms with Crippen molar-refractivity contribution in [3.8, 4) is 0 Å². The number of hydrogen-bond donors (Lipinski definition) is 0. The van der Waals surface area contributed by atoms with Gasteiger partial charge in [0.1, 0.15) is 0 Å². The Labute approximate surface area is 90.1 Å². The molecule has 0 rings (SSSR count). The van der Waals surface area contributed by atoms with Gasteiger partial charge in [-0.3, -0.25) is 4.58 Å². The highest BCUT2D eigenvalue weighted by molar-refractivity contribution is 6.81. The summed E-state index contributed by atoms with van der Waals surface area (Å²) in [4.78, 5) is 5.30. The zero-order chi connectivity index (χ0) is 11.6. The molecule has 0 unspecified atom stereocenters. The molecule has 0 heterocycles. The molecule has 0 radical (unpaired) electrons. The summed E-state index contributed by atoms with van der Waals surface area (Å²) in [6, 6.07) is 0. The standard InChI is InChI=1S/C9H24O3Si2/c1-9(2,3)10-11-14(7,8)12-13(4,5)6/h1-8H3. The monoisotopic (exact) mass is 236 g/mol. The van der Waals surface area contributed by atoms with Crippen molar-refractivity contribution < 1.29 is 13.6 Å². The van der Waals surface area contributed by atoms with Crippen LogP contribution in [0.3, 0.4) is 0 Å². The van der Waals surface area contributed by atoms with E-state index in [-0.39, 0.29) is 5.60 Å². The highest BCUT2D eigenvalue weighted by Crippen LogP contribution is 2.18. The predicted molar refractivity (Wildman–Crippen MR) is 63.8 cm³/mol. The van der Waals surface area contributed by atoms with Crippen LogP contribution in [0, 0.1) is 0 Å². The Balaban J connectivity index is 4.09. The normalized spacial score (nSPS) is 14.6. The van der Waals surface area contributed by atoms with Crippen LogP contribution in [0.4, 0.5) is 0 Å². The fourth-order valence-corrected chi connectivity index (χ4v) is 7.47. The fraction of sp³-hybridized carbons (Fsp3) is 1.00. The molecule has 0 aromatic heterocycles. The molecule has 0 saturated carbocycles. The summed E-state index contributed by atoms with van der Waals surface area (Å²) < 4.78 is 11.4. The quantitative estimate of drug-likeness (QED) is 0.426. The minimum absolute atomic E-state index is 0.271. The summed E-state index contributed by atoms with van der Waals surface area (Å²) in [7, 11) is -3.64. The van der Waals surface area contributed by atoms with E-state index in [1.165, 1.54) is 0 Å². The Bertz CT molecular complexity index is 179. The predicted octanol–water partition coefficient (Wildman–Crippen LogP) is 3.29. The minimum Gasteiger partial charge on any atom is -0.435 e. The topological polar surface area (TPSA) is 27.7 Å². The van der Waals surface area contributed by atoms with Gasteiger partial charge in [-0.25, -0.2) is 4.89 Å². The maximum atomic E-state index is 5.95. The summed E-state index contributed by atoms with van der Waals surface area (Å²) >= 11 is 0. The van der Waals surface area contributed by atoms with Gasteiger partial charge in [0.2, 0.25) is 0 Å². The van der Waals surface area contributed by atoms with Gasteiger partial charge in [0.05, 0.1) is 5.60 Å². The highest BCUT2D eigenvalue weighted by Gasteiger charge is 2.34. The number of hydrogen-bond acceptors (Lipinski definition) is 3. The maximum Gasteiger partial charge on any atom is 0.359 e. The van der Waals surface area contributed by atoms with Gasteiger partial charge < -0.3 is 4.12 Å². The molecule has 0 spiro atoms. The van der Waals surface area contributed by atoms with Crippen LogP contribution in [0.25, 0.3) is 0 Å². The van der Waals surface area contributed by atoms with Crippen molar-refractivity contribution in [1.29, 1.82) is 0 Å². The SMILES string of the molecule is CC(C)(C)OO[Si](C)(C)O[Si](C)(C)C. The van der Waals surface area contributed by atoms with Crippen molar-refractivity contribution in [2.24, 2.45) is 0 Å². The van der Waals surface area contributed by atoms with Crippen LogP contribution in [0.5, 0.6) is 0 Å². The molecule has 0 aromatic carbocycles. The second-order valence-corrected chi connectivity index (χ2v) is 13.9. The summed E-state index contributed by atoms with van der Waals surface area (Å²) in [5.41, 5.74) is -0.271. The lowest BCUT2D eigenvalue weighted by atomic mass is 10.2. The first-order chi connectivity index (χ1) is 5.91. The van der Waals surface area contributed by atoms with Gasteiger partial charge in [0, 0.05) is 0 Å². The van der Waals surface area contributed by atoms with Gasteiger partial charge >= 0.3 is 8.56 Å². The lowest BCUT2D eigenvalue weighted by Crippen LogP contribution is -2.46. The van der Waals surface area contributed by atoms with Gasteiger partial charge in [0.25, 0.3) is 0 Å². The average Bonchev–Trinajstić information content (AvgIpc) is 1.76. The lowest BCUT2D eigenvalue weighted by molar-refractivity contribution is -0.292. The van der Waals surface area contributed by atoms with Gasteiger partial charge in [-0.2, -0.15) is 0 Å². The molecule has 0 amide bonds. The molecule has 0 aromatic rings. The molecule has 0 fully saturated rings. The molecule has 14 heavy (non-hydrogen) atoms. The van der Waals surface area contributed by atoms with E-state index < -0.39 is 16.9 Å². The Morgan fingerprint density at radius 3 is 1.57 bits per heavy atom. The Morgan fingerprint density at radius 2 is 1.29 bits per heavy atom. The molecular formula is C9H24O3Si2. The maximum absolute atomic E-state index is 5.95. The highest BCUT2D eigenvalue weighted by atomic mass is 28.4. The van der Waals surface area contributed by atoms with Crippen LogP contribution < -0.4 is 0 Å². The van der Waals surface area contributed by atoms with E-state index in [4.69, 9.17) is 13.6 Å². The smallest absolute Gasteiger partial charge is 0.359 e. The molecule has 5 heteroatoms. The summed E-state index contributed by atoms with van der Waals surface area (Å²) in [5, 5.41) is 0.